The van der Waals surface area contributed by atoms with Crippen molar-refractivity contribution >= 4 is 27.3 Å². The molecule has 0 unspecified atom stereocenters. The molecule has 0 aliphatic carbocycles. The second-order valence-electron chi connectivity index (χ2n) is 6.99. The number of nitriles is 1. The highest BCUT2D eigenvalue weighted by Crippen LogP contribution is 2.22. The monoisotopic (exact) mass is 435 g/mol. The Morgan fingerprint density at radius 2 is 1.84 bits per heavy atom. The number of ether oxygens (including phenoxy) is 1. The number of aryl methyl sites for hydroxylation is 1. The molecule has 0 heterocycles. The first-order chi connectivity index (χ1) is 14.7. The van der Waals surface area contributed by atoms with E-state index in [2.05, 4.69) is 16.1 Å². The number of carbonyl (C=O) groups is 1. The van der Waals surface area contributed by atoms with Gasteiger partial charge in [-0.25, -0.2) is 8.42 Å². The van der Waals surface area contributed by atoms with Crippen LogP contribution in [0.5, 0.6) is 5.75 Å². The summed E-state index contributed by atoms with van der Waals surface area (Å²) in [6.45, 7) is 2.04. The van der Waals surface area contributed by atoms with Gasteiger partial charge in [0.25, 0.3) is 5.91 Å². The third kappa shape index (κ3) is 6.32. The summed E-state index contributed by atoms with van der Waals surface area (Å²) in [5, 5.41) is 11.8. The summed E-state index contributed by atoms with van der Waals surface area (Å²) in [4.78, 5) is 12.6. The quantitative estimate of drug-likeness (QED) is 0.582. The predicted octanol–water partition coefficient (Wildman–Crippen LogP) is 4.07. The number of rotatable bonds is 7. The normalized spacial score (nSPS) is 10.7. The SMILES string of the molecule is Cc1ccc(C(=O)Nc2cccc(OCc3cccc(C#N)c3)c2)cc1NS(C)(=O)=O. The van der Waals surface area contributed by atoms with Gasteiger partial charge in [0.2, 0.25) is 10.0 Å². The number of hydrogen-bond donors (Lipinski definition) is 2. The number of nitrogens with zero attached hydrogens (tertiary/aromatic N) is 1. The molecule has 0 bridgehead atoms. The van der Waals surface area contributed by atoms with Gasteiger partial charge in [0.1, 0.15) is 12.4 Å². The van der Waals surface area contributed by atoms with Crippen molar-refractivity contribution in [2.45, 2.75) is 13.5 Å². The maximum atomic E-state index is 12.6. The predicted molar refractivity (Wildman–Crippen MR) is 120 cm³/mol. The van der Waals surface area contributed by atoms with E-state index in [4.69, 9.17) is 10.00 Å². The molecule has 2 N–H and O–H groups in total. The maximum Gasteiger partial charge on any atom is 0.255 e. The average molecular weight is 436 g/mol. The topological polar surface area (TPSA) is 108 Å². The summed E-state index contributed by atoms with van der Waals surface area (Å²) >= 11 is 0. The molecule has 3 aromatic rings. The van der Waals surface area contributed by atoms with Gasteiger partial charge >= 0.3 is 0 Å². The lowest BCUT2D eigenvalue weighted by molar-refractivity contribution is 0.102. The third-order valence-corrected chi connectivity index (χ3v) is 4.94. The lowest BCUT2D eigenvalue weighted by Gasteiger charge is -2.12. The highest BCUT2D eigenvalue weighted by atomic mass is 32.2. The molecule has 3 aromatic carbocycles. The average Bonchev–Trinajstić information content (AvgIpc) is 2.73. The molecular weight excluding hydrogens is 414 g/mol. The van der Waals surface area contributed by atoms with E-state index < -0.39 is 10.0 Å². The summed E-state index contributed by atoms with van der Waals surface area (Å²) in [6.07, 6.45) is 1.06. The Bertz CT molecular complexity index is 1260. The van der Waals surface area contributed by atoms with Gasteiger partial charge in [-0.05, 0) is 54.4 Å². The minimum atomic E-state index is -3.46. The third-order valence-electron chi connectivity index (χ3n) is 4.35. The molecule has 0 spiro atoms. The van der Waals surface area contributed by atoms with Crippen LogP contribution in [0.1, 0.15) is 27.0 Å². The molecular formula is C23H21N3O4S. The number of benzene rings is 3. The van der Waals surface area contributed by atoms with Crippen LogP contribution in [-0.2, 0) is 16.6 Å². The first-order valence-corrected chi connectivity index (χ1v) is 11.2. The molecule has 0 saturated heterocycles. The van der Waals surface area contributed by atoms with Crippen LogP contribution in [0.2, 0.25) is 0 Å². The molecule has 0 aromatic heterocycles. The number of hydrogen-bond acceptors (Lipinski definition) is 5. The van der Waals surface area contributed by atoms with E-state index in [0.29, 0.717) is 33.8 Å². The summed E-state index contributed by atoms with van der Waals surface area (Å²) in [5.74, 6) is 0.180. The number of anilines is 2. The van der Waals surface area contributed by atoms with E-state index in [0.717, 1.165) is 11.8 Å². The standard InChI is InChI=1S/C23H21N3O4S/c1-16-9-10-19(12-22(16)26-31(2,28)29)23(27)25-20-7-4-8-21(13-20)30-15-18-6-3-5-17(11-18)14-24/h3-13,26H,15H2,1-2H3,(H,25,27). The maximum absolute atomic E-state index is 12.6. The fourth-order valence-corrected chi connectivity index (χ4v) is 3.46. The Labute approximate surface area is 181 Å². The molecule has 158 valence electrons. The number of sulfonamides is 1. The first kappa shape index (κ1) is 21.9. The van der Waals surface area contributed by atoms with E-state index in [1.165, 1.54) is 6.07 Å². The fourth-order valence-electron chi connectivity index (χ4n) is 2.84. The Morgan fingerprint density at radius 1 is 1.06 bits per heavy atom. The largest absolute Gasteiger partial charge is 0.489 e. The van der Waals surface area contributed by atoms with Crippen LogP contribution in [0.4, 0.5) is 11.4 Å². The highest BCUT2D eigenvalue weighted by Gasteiger charge is 2.11. The Hall–Kier alpha value is -3.83. The van der Waals surface area contributed by atoms with Gasteiger partial charge in [0.15, 0.2) is 0 Å². The molecule has 0 saturated carbocycles. The highest BCUT2D eigenvalue weighted by molar-refractivity contribution is 7.92. The van der Waals surface area contributed by atoms with E-state index in [1.54, 1.807) is 61.5 Å². The van der Waals surface area contributed by atoms with E-state index in [-0.39, 0.29) is 12.5 Å². The molecule has 0 atom stereocenters. The van der Waals surface area contributed by atoms with E-state index in [9.17, 15) is 13.2 Å². The Morgan fingerprint density at radius 3 is 2.58 bits per heavy atom. The van der Waals surface area contributed by atoms with Gasteiger partial charge in [-0.15, -0.1) is 0 Å². The van der Waals surface area contributed by atoms with Crippen molar-refractivity contribution in [1.29, 1.82) is 5.26 Å². The number of carbonyl (C=O) groups excluding carboxylic acids is 1. The molecule has 7 nitrogen and oxygen atoms in total. The molecule has 1 amide bonds. The lowest BCUT2D eigenvalue weighted by Crippen LogP contribution is -2.14. The molecule has 0 aliphatic rings. The minimum absolute atomic E-state index is 0.283. The van der Waals surface area contributed by atoms with Crippen molar-refractivity contribution in [1.82, 2.24) is 0 Å². The van der Waals surface area contributed by atoms with Crippen LogP contribution in [0.15, 0.2) is 66.7 Å². The van der Waals surface area contributed by atoms with Crippen molar-refractivity contribution in [2.75, 3.05) is 16.3 Å². The van der Waals surface area contributed by atoms with Gasteiger partial charge in [-0.1, -0.05) is 24.3 Å². The van der Waals surface area contributed by atoms with Crippen LogP contribution in [0.3, 0.4) is 0 Å². The summed E-state index contributed by atoms with van der Waals surface area (Å²) in [5.41, 5.74) is 3.33. The van der Waals surface area contributed by atoms with Crippen LogP contribution >= 0.6 is 0 Å². The van der Waals surface area contributed by atoms with Gasteiger partial charge in [-0.2, -0.15) is 5.26 Å². The van der Waals surface area contributed by atoms with Gasteiger partial charge in [0.05, 0.1) is 23.6 Å². The molecule has 0 aliphatic heterocycles. The Kier molecular flexibility index (Phi) is 6.58. The molecule has 3 rings (SSSR count). The van der Waals surface area contributed by atoms with Crippen molar-refractivity contribution in [3.05, 3.63) is 89.0 Å². The number of nitrogens with one attached hydrogen (secondary N) is 2. The summed E-state index contributed by atoms with van der Waals surface area (Å²) < 4.78 is 31.2. The zero-order valence-corrected chi connectivity index (χ0v) is 17.9. The zero-order valence-electron chi connectivity index (χ0n) is 17.0. The van der Waals surface area contributed by atoms with Gasteiger partial charge < -0.3 is 10.1 Å². The van der Waals surface area contributed by atoms with E-state index >= 15 is 0 Å². The van der Waals surface area contributed by atoms with Gasteiger partial charge in [0, 0.05) is 17.3 Å². The summed E-state index contributed by atoms with van der Waals surface area (Å²) in [6, 6.07) is 21.0. The fraction of sp³-hybridized carbons (Fsp3) is 0.130. The van der Waals surface area contributed by atoms with Crippen molar-refractivity contribution < 1.29 is 17.9 Å². The van der Waals surface area contributed by atoms with Crippen molar-refractivity contribution in [2.24, 2.45) is 0 Å². The van der Waals surface area contributed by atoms with Crippen LogP contribution in [0.25, 0.3) is 0 Å². The minimum Gasteiger partial charge on any atom is -0.489 e. The summed E-state index contributed by atoms with van der Waals surface area (Å²) in [7, 11) is -3.46. The van der Waals surface area contributed by atoms with Crippen LogP contribution < -0.4 is 14.8 Å². The molecule has 31 heavy (non-hydrogen) atoms. The van der Waals surface area contributed by atoms with Crippen molar-refractivity contribution in [3.8, 4) is 11.8 Å². The van der Waals surface area contributed by atoms with E-state index in [1.807, 2.05) is 6.07 Å². The number of amides is 1. The lowest BCUT2D eigenvalue weighted by atomic mass is 10.1. The van der Waals surface area contributed by atoms with Gasteiger partial charge in [-0.3, -0.25) is 9.52 Å². The molecule has 0 fully saturated rings. The molecule has 0 radical (unpaired) electrons. The van der Waals surface area contributed by atoms with Crippen LogP contribution in [0, 0.1) is 18.3 Å². The second kappa shape index (κ2) is 9.32. The Balaban J connectivity index is 1.70. The van der Waals surface area contributed by atoms with Crippen molar-refractivity contribution in [3.63, 3.8) is 0 Å². The zero-order chi connectivity index (χ0) is 22.4. The first-order valence-electron chi connectivity index (χ1n) is 9.35. The van der Waals surface area contributed by atoms with Crippen LogP contribution in [-0.4, -0.2) is 20.6 Å². The smallest absolute Gasteiger partial charge is 0.255 e. The molecule has 8 heteroatoms. The second-order valence-corrected chi connectivity index (χ2v) is 8.74.